The molecule has 1 aliphatic rings. The minimum Gasteiger partial charge on any atom is -0.497 e. The average Bonchev–Trinajstić information content (AvgIpc) is 2.48. The van der Waals surface area contributed by atoms with Crippen LogP contribution < -0.4 is 10.1 Å². The fourth-order valence-electron chi connectivity index (χ4n) is 2.62. The third-order valence-electron chi connectivity index (χ3n) is 3.90. The number of ether oxygens (including phenoxy) is 1. The summed E-state index contributed by atoms with van der Waals surface area (Å²) in [5, 5.41) is 3.33. The van der Waals surface area contributed by atoms with E-state index in [2.05, 4.69) is 5.32 Å². The van der Waals surface area contributed by atoms with Gasteiger partial charge in [-0.1, -0.05) is 12.1 Å². The van der Waals surface area contributed by atoms with Crippen LogP contribution in [-0.4, -0.2) is 38.1 Å². The number of carbonyl (C=O) groups is 1. The van der Waals surface area contributed by atoms with E-state index in [1.807, 2.05) is 36.2 Å². The lowest BCUT2D eigenvalue weighted by Crippen LogP contribution is -2.33. The number of amides is 1. The van der Waals surface area contributed by atoms with Crippen molar-refractivity contribution in [2.45, 2.75) is 25.8 Å². The maximum absolute atomic E-state index is 12.2. The normalized spacial score (nSPS) is 15.1. The van der Waals surface area contributed by atoms with Crippen LogP contribution in [0.1, 0.15) is 24.8 Å². The van der Waals surface area contributed by atoms with Crippen LogP contribution in [0.25, 0.3) is 0 Å². The van der Waals surface area contributed by atoms with Crippen LogP contribution in [-0.2, 0) is 11.3 Å². The largest absolute Gasteiger partial charge is 0.497 e. The first-order chi connectivity index (χ1) is 9.69. The molecule has 0 radical (unpaired) electrons. The fourth-order valence-corrected chi connectivity index (χ4v) is 2.62. The molecule has 4 nitrogen and oxygen atoms in total. The first-order valence-electron chi connectivity index (χ1n) is 7.26. The van der Waals surface area contributed by atoms with E-state index in [0.29, 0.717) is 18.9 Å². The molecule has 1 aromatic rings. The van der Waals surface area contributed by atoms with E-state index in [-0.39, 0.29) is 18.3 Å². The van der Waals surface area contributed by atoms with Gasteiger partial charge in [0.15, 0.2) is 0 Å². The minimum atomic E-state index is 0. The summed E-state index contributed by atoms with van der Waals surface area (Å²) < 4.78 is 5.21. The molecular weight excluding hydrogens is 288 g/mol. The van der Waals surface area contributed by atoms with Crippen molar-refractivity contribution in [3.05, 3.63) is 29.8 Å². The first-order valence-corrected chi connectivity index (χ1v) is 7.26. The SMILES string of the molecule is COc1cccc(CN(C)C(=O)CC2CCNCC2)c1.Cl. The molecule has 1 aromatic carbocycles. The van der Waals surface area contributed by atoms with E-state index in [1.54, 1.807) is 7.11 Å². The summed E-state index contributed by atoms with van der Waals surface area (Å²) in [6.07, 6.45) is 2.89. The Labute approximate surface area is 133 Å². The van der Waals surface area contributed by atoms with Gasteiger partial charge in [-0.05, 0) is 49.5 Å². The number of nitrogens with zero attached hydrogens (tertiary/aromatic N) is 1. The molecule has 2 rings (SSSR count). The number of benzene rings is 1. The number of nitrogens with one attached hydrogen (secondary N) is 1. The number of halogens is 1. The molecule has 1 fully saturated rings. The van der Waals surface area contributed by atoms with E-state index in [0.717, 1.165) is 37.2 Å². The van der Waals surface area contributed by atoms with Crippen LogP contribution in [0.15, 0.2) is 24.3 Å². The number of hydrogen-bond acceptors (Lipinski definition) is 3. The molecule has 21 heavy (non-hydrogen) atoms. The monoisotopic (exact) mass is 312 g/mol. The van der Waals surface area contributed by atoms with E-state index in [4.69, 9.17) is 4.74 Å². The molecule has 1 N–H and O–H groups in total. The zero-order chi connectivity index (χ0) is 14.4. The van der Waals surface area contributed by atoms with Crippen LogP contribution in [0, 0.1) is 5.92 Å². The van der Waals surface area contributed by atoms with Crippen molar-refractivity contribution < 1.29 is 9.53 Å². The summed E-state index contributed by atoms with van der Waals surface area (Å²) in [5.74, 6) is 1.61. The Balaban J connectivity index is 0.00000220. The van der Waals surface area contributed by atoms with Gasteiger partial charge in [0, 0.05) is 20.0 Å². The zero-order valence-electron chi connectivity index (χ0n) is 12.8. The maximum atomic E-state index is 12.2. The Bertz CT molecular complexity index is 448. The molecule has 1 saturated heterocycles. The van der Waals surface area contributed by atoms with Crippen molar-refractivity contribution in [1.29, 1.82) is 0 Å². The highest BCUT2D eigenvalue weighted by Crippen LogP contribution is 2.18. The summed E-state index contributed by atoms with van der Waals surface area (Å²) in [7, 11) is 3.54. The van der Waals surface area contributed by atoms with Gasteiger partial charge in [-0.15, -0.1) is 12.4 Å². The van der Waals surface area contributed by atoms with Crippen LogP contribution >= 0.6 is 12.4 Å². The molecule has 0 unspecified atom stereocenters. The average molecular weight is 313 g/mol. The number of hydrogen-bond donors (Lipinski definition) is 1. The smallest absolute Gasteiger partial charge is 0.222 e. The first kappa shape index (κ1) is 17.8. The third kappa shape index (κ3) is 5.56. The van der Waals surface area contributed by atoms with Crippen LogP contribution in [0.5, 0.6) is 5.75 Å². The quantitative estimate of drug-likeness (QED) is 0.908. The van der Waals surface area contributed by atoms with Gasteiger partial charge in [0.05, 0.1) is 7.11 Å². The Morgan fingerprint density at radius 2 is 2.10 bits per heavy atom. The second kappa shape index (κ2) is 8.90. The Hall–Kier alpha value is -1.26. The van der Waals surface area contributed by atoms with Gasteiger partial charge in [-0.2, -0.15) is 0 Å². The second-order valence-corrected chi connectivity index (χ2v) is 5.50. The van der Waals surface area contributed by atoms with Crippen molar-refractivity contribution in [3.63, 3.8) is 0 Å². The van der Waals surface area contributed by atoms with Crippen molar-refractivity contribution in [2.75, 3.05) is 27.2 Å². The maximum Gasteiger partial charge on any atom is 0.222 e. The molecule has 1 amide bonds. The van der Waals surface area contributed by atoms with E-state index in [1.165, 1.54) is 0 Å². The summed E-state index contributed by atoms with van der Waals surface area (Å²) >= 11 is 0. The summed E-state index contributed by atoms with van der Waals surface area (Å²) in [6.45, 7) is 2.72. The lowest BCUT2D eigenvalue weighted by Gasteiger charge is -2.25. The van der Waals surface area contributed by atoms with Crippen LogP contribution in [0.4, 0.5) is 0 Å². The molecule has 0 atom stereocenters. The van der Waals surface area contributed by atoms with Crippen LogP contribution in [0.3, 0.4) is 0 Å². The highest BCUT2D eigenvalue weighted by molar-refractivity contribution is 5.85. The van der Waals surface area contributed by atoms with Gasteiger partial charge in [0.1, 0.15) is 5.75 Å². The Morgan fingerprint density at radius 1 is 1.38 bits per heavy atom. The fraction of sp³-hybridized carbons (Fsp3) is 0.562. The van der Waals surface area contributed by atoms with Gasteiger partial charge in [0.2, 0.25) is 5.91 Å². The molecule has 1 heterocycles. The summed E-state index contributed by atoms with van der Waals surface area (Å²) in [6, 6.07) is 7.88. The summed E-state index contributed by atoms with van der Waals surface area (Å²) in [5.41, 5.74) is 1.10. The molecular formula is C16H25ClN2O2. The molecule has 0 aromatic heterocycles. The highest BCUT2D eigenvalue weighted by atomic mass is 35.5. The molecule has 1 aliphatic heterocycles. The van der Waals surface area contributed by atoms with Crippen molar-refractivity contribution in [1.82, 2.24) is 10.2 Å². The minimum absolute atomic E-state index is 0. The number of carbonyl (C=O) groups excluding carboxylic acids is 1. The van der Waals surface area contributed by atoms with Gasteiger partial charge in [-0.25, -0.2) is 0 Å². The van der Waals surface area contributed by atoms with Crippen molar-refractivity contribution >= 4 is 18.3 Å². The third-order valence-corrected chi connectivity index (χ3v) is 3.90. The number of piperidine rings is 1. The predicted octanol–water partition coefficient (Wildman–Crippen LogP) is 2.47. The van der Waals surface area contributed by atoms with Crippen molar-refractivity contribution in [2.24, 2.45) is 5.92 Å². The van der Waals surface area contributed by atoms with E-state index < -0.39 is 0 Å². The highest BCUT2D eigenvalue weighted by Gasteiger charge is 2.19. The van der Waals surface area contributed by atoms with Crippen LogP contribution in [0.2, 0.25) is 0 Å². The molecule has 5 heteroatoms. The lowest BCUT2D eigenvalue weighted by molar-refractivity contribution is -0.131. The molecule has 0 bridgehead atoms. The van der Waals surface area contributed by atoms with Gasteiger partial charge < -0.3 is 15.0 Å². The van der Waals surface area contributed by atoms with Crippen molar-refractivity contribution in [3.8, 4) is 5.75 Å². The van der Waals surface area contributed by atoms with Gasteiger partial charge in [0.25, 0.3) is 0 Å². The lowest BCUT2D eigenvalue weighted by atomic mass is 9.94. The van der Waals surface area contributed by atoms with Gasteiger partial charge >= 0.3 is 0 Å². The Kier molecular flexibility index (Phi) is 7.54. The molecule has 118 valence electrons. The predicted molar refractivity (Wildman–Crippen MR) is 86.9 cm³/mol. The molecule has 0 aliphatic carbocycles. The number of rotatable bonds is 5. The summed E-state index contributed by atoms with van der Waals surface area (Å²) in [4.78, 5) is 14.1. The number of methoxy groups -OCH3 is 1. The van der Waals surface area contributed by atoms with E-state index >= 15 is 0 Å². The molecule has 0 saturated carbocycles. The topological polar surface area (TPSA) is 41.6 Å². The Morgan fingerprint density at radius 3 is 2.76 bits per heavy atom. The van der Waals surface area contributed by atoms with Gasteiger partial charge in [-0.3, -0.25) is 4.79 Å². The molecule has 0 spiro atoms. The van der Waals surface area contributed by atoms with E-state index in [9.17, 15) is 4.79 Å². The zero-order valence-corrected chi connectivity index (χ0v) is 13.6. The standard InChI is InChI=1S/C16H24N2O2.ClH/c1-18(12-14-4-3-5-15(10-14)20-2)16(19)11-13-6-8-17-9-7-13;/h3-5,10,13,17H,6-9,11-12H2,1-2H3;1H. The second-order valence-electron chi connectivity index (χ2n) is 5.50.